The molecule has 1 fully saturated rings. The molecule has 0 aliphatic carbocycles. The van der Waals surface area contributed by atoms with E-state index in [1.54, 1.807) is 54.1 Å². The second kappa shape index (κ2) is 25.6. The maximum atomic E-state index is 14.2. The largest absolute Gasteiger partial charge is 0.487 e. The molecule has 2 aliphatic heterocycles. The van der Waals surface area contributed by atoms with Crippen LogP contribution in [0.2, 0.25) is 0 Å². The fraction of sp³-hybridized carbons (Fsp3) is 0.400. The number of fused-ring (bicyclic) bond motifs is 1. The van der Waals surface area contributed by atoms with E-state index in [1.165, 1.54) is 10.6 Å². The summed E-state index contributed by atoms with van der Waals surface area (Å²) < 4.78 is 59.0. The number of hydrogen-bond donors (Lipinski definition) is 3. The van der Waals surface area contributed by atoms with Gasteiger partial charge in [-0.2, -0.15) is 0 Å². The minimum absolute atomic E-state index is 0.0497. The van der Waals surface area contributed by atoms with E-state index in [4.69, 9.17) is 23.7 Å². The lowest BCUT2D eigenvalue weighted by Gasteiger charge is -2.27. The van der Waals surface area contributed by atoms with E-state index in [-0.39, 0.29) is 52.3 Å². The monoisotopic (exact) mass is 1060 g/mol. The average molecular weight is 1060 g/mol. The Kier molecular flexibility index (Phi) is 18.9. The number of unbranched alkanes of at least 4 members (excludes halogenated alkanes) is 1. The second-order valence-electron chi connectivity index (χ2n) is 16.9. The molecule has 3 aromatic carbocycles. The summed E-state index contributed by atoms with van der Waals surface area (Å²) in [7, 11) is 0. The van der Waals surface area contributed by atoms with Crippen molar-refractivity contribution in [1.82, 2.24) is 35.1 Å². The molecule has 0 radical (unpaired) electrons. The summed E-state index contributed by atoms with van der Waals surface area (Å²) in [5, 5.41) is 16.7. The highest BCUT2D eigenvalue weighted by atomic mass is 79.9. The standard InChI is InChI=1S/C50H55BrF2N8O11/c1-31-9-10-33(27-41(31)60-32(2)26-42(45(51)50(60)67)72-30-34-11-12-35(52)28-38(34)53)46(63)55-15-4-3-6-36-29-59(58-57-36)17-19-69-21-23-71-25-24-70-22-20-68-18-16-54-39-8-5-7-37-44(39)49(66)61(48(37)65)40-13-14-43(62)56-47(40)64/h5,7-12,26-29,40,54H,3-4,6,13-25,30H2,1-2H3,(H,55,63)(H,56,62,64). The highest BCUT2D eigenvalue weighted by Gasteiger charge is 2.45. The Bertz CT molecular complexity index is 2840. The Morgan fingerprint density at radius 1 is 0.847 bits per heavy atom. The van der Waals surface area contributed by atoms with E-state index in [1.807, 2.05) is 13.1 Å². The van der Waals surface area contributed by atoms with Crippen LogP contribution >= 0.6 is 15.9 Å². The maximum absolute atomic E-state index is 14.2. The van der Waals surface area contributed by atoms with E-state index in [9.17, 15) is 37.5 Å². The molecular weight excluding hydrogens is 1010 g/mol. The second-order valence-corrected chi connectivity index (χ2v) is 17.7. The maximum Gasteiger partial charge on any atom is 0.273 e. The van der Waals surface area contributed by atoms with Gasteiger partial charge in [0.15, 0.2) is 0 Å². The van der Waals surface area contributed by atoms with Crippen LogP contribution in [-0.2, 0) is 48.1 Å². The molecule has 7 rings (SSSR count). The number of halogens is 3. The quantitative estimate of drug-likeness (QED) is 0.0466. The van der Waals surface area contributed by atoms with Crippen molar-refractivity contribution in [1.29, 1.82) is 0 Å². The molecule has 1 unspecified atom stereocenters. The molecule has 3 N–H and O–H groups in total. The van der Waals surface area contributed by atoms with Crippen LogP contribution in [-0.4, -0.2) is 126 Å². The Hall–Kier alpha value is -6.72. The first-order valence-corrected chi connectivity index (χ1v) is 24.3. The van der Waals surface area contributed by atoms with E-state index in [0.717, 1.165) is 34.7 Å². The predicted molar refractivity (Wildman–Crippen MR) is 260 cm³/mol. The van der Waals surface area contributed by atoms with Crippen molar-refractivity contribution in [2.24, 2.45) is 0 Å². The van der Waals surface area contributed by atoms with Crippen LogP contribution in [0.1, 0.15) is 79.3 Å². The van der Waals surface area contributed by atoms with Crippen molar-refractivity contribution >= 4 is 51.2 Å². The number of pyridine rings is 1. The van der Waals surface area contributed by atoms with Crippen LogP contribution in [0.15, 0.2) is 76.1 Å². The molecule has 5 amide bonds. The average Bonchev–Trinajstić information content (AvgIpc) is 3.92. The van der Waals surface area contributed by atoms with Crippen molar-refractivity contribution in [3.8, 4) is 11.4 Å². The third-order valence-corrected chi connectivity index (χ3v) is 12.5. The summed E-state index contributed by atoms with van der Waals surface area (Å²) >= 11 is 3.32. The van der Waals surface area contributed by atoms with Gasteiger partial charge in [0.1, 0.15) is 34.5 Å². The summed E-state index contributed by atoms with van der Waals surface area (Å²) in [5.41, 5.74) is 3.60. The Labute approximate surface area is 421 Å². The number of benzene rings is 3. The molecule has 19 nitrogen and oxygen atoms in total. The van der Waals surface area contributed by atoms with Crippen LogP contribution in [0.3, 0.4) is 0 Å². The summed E-state index contributed by atoms with van der Waals surface area (Å²) in [6.07, 6.45) is 4.16. The third kappa shape index (κ3) is 13.6. The number of anilines is 1. The minimum Gasteiger partial charge on any atom is -0.487 e. The molecule has 382 valence electrons. The number of nitrogens with zero attached hydrogens (tertiary/aromatic N) is 5. The lowest BCUT2D eigenvalue weighted by atomic mass is 10.0. The van der Waals surface area contributed by atoms with E-state index < -0.39 is 46.9 Å². The lowest BCUT2D eigenvalue weighted by molar-refractivity contribution is -0.136. The number of carbonyl (C=O) groups is 5. The van der Waals surface area contributed by atoms with E-state index in [0.29, 0.717) is 108 Å². The number of carbonyl (C=O) groups excluding carboxylic acids is 5. The number of aryl methyl sites for hydroxylation is 3. The zero-order valence-electron chi connectivity index (χ0n) is 39.8. The molecule has 0 saturated carbocycles. The number of hydrogen-bond acceptors (Lipinski definition) is 14. The minimum atomic E-state index is -1.03. The molecule has 0 bridgehead atoms. The van der Waals surface area contributed by atoms with Gasteiger partial charge in [-0.1, -0.05) is 17.3 Å². The van der Waals surface area contributed by atoms with E-state index in [2.05, 4.69) is 42.2 Å². The van der Waals surface area contributed by atoms with Gasteiger partial charge >= 0.3 is 0 Å². The normalized spacial score (nSPS) is 14.5. The Morgan fingerprint density at radius 3 is 2.32 bits per heavy atom. The molecule has 0 spiro atoms. The molecule has 72 heavy (non-hydrogen) atoms. The van der Waals surface area contributed by atoms with Crippen LogP contribution in [0.4, 0.5) is 14.5 Å². The van der Waals surface area contributed by atoms with Gasteiger partial charge in [-0.3, -0.25) is 43.6 Å². The zero-order chi connectivity index (χ0) is 51.1. The van der Waals surface area contributed by atoms with Crippen molar-refractivity contribution in [2.75, 3.05) is 71.3 Å². The van der Waals surface area contributed by atoms with Crippen molar-refractivity contribution < 1.29 is 56.4 Å². The van der Waals surface area contributed by atoms with Crippen LogP contribution in [0.5, 0.6) is 5.75 Å². The smallest absolute Gasteiger partial charge is 0.273 e. The molecule has 2 aromatic heterocycles. The number of imide groups is 2. The fourth-order valence-electron chi connectivity index (χ4n) is 8.01. The highest BCUT2D eigenvalue weighted by Crippen LogP contribution is 2.32. The summed E-state index contributed by atoms with van der Waals surface area (Å²) in [6, 6.07) is 13.8. The highest BCUT2D eigenvalue weighted by molar-refractivity contribution is 9.10. The number of aromatic nitrogens is 4. The van der Waals surface area contributed by atoms with Crippen molar-refractivity contribution in [3.63, 3.8) is 0 Å². The molecule has 2 aliphatic rings. The SMILES string of the molecule is Cc1ccc(C(=O)NCCCCc2cn(CCOCCOCCOCCOCCNc3cccc4c3C(=O)N(C3CCC(=O)NC3=O)C4=O)nn2)cc1-n1c(C)cc(OCc2ccc(F)cc2F)c(Br)c1=O. The van der Waals surface area contributed by atoms with Gasteiger partial charge in [-0.25, -0.2) is 13.5 Å². The van der Waals surface area contributed by atoms with Gasteiger partial charge in [-0.05, 0) is 97.4 Å². The topological polar surface area (TPSA) is 224 Å². The van der Waals surface area contributed by atoms with Gasteiger partial charge in [0.2, 0.25) is 11.8 Å². The number of ether oxygens (including phenoxy) is 5. The first kappa shape index (κ1) is 53.1. The summed E-state index contributed by atoms with van der Waals surface area (Å²) in [4.78, 5) is 77.8. The van der Waals surface area contributed by atoms with Crippen molar-refractivity contribution in [3.05, 3.63) is 133 Å². The number of rotatable bonds is 27. The zero-order valence-corrected chi connectivity index (χ0v) is 41.4. The molecule has 1 atom stereocenters. The first-order chi connectivity index (χ1) is 34.8. The predicted octanol–water partition coefficient (Wildman–Crippen LogP) is 5.00. The van der Waals surface area contributed by atoms with Gasteiger partial charge in [0, 0.05) is 60.3 Å². The number of piperidine rings is 1. The summed E-state index contributed by atoms with van der Waals surface area (Å²) in [5.74, 6) is -3.76. The van der Waals surface area contributed by atoms with Crippen molar-refractivity contribution in [2.45, 2.75) is 65.1 Å². The lowest BCUT2D eigenvalue weighted by Crippen LogP contribution is -2.54. The summed E-state index contributed by atoms with van der Waals surface area (Å²) in [6.45, 7) is 7.67. The molecule has 1 saturated heterocycles. The van der Waals surface area contributed by atoms with Gasteiger partial charge < -0.3 is 34.3 Å². The van der Waals surface area contributed by atoms with Gasteiger partial charge in [0.05, 0.1) is 81.9 Å². The van der Waals surface area contributed by atoms with Crippen LogP contribution in [0.25, 0.3) is 5.69 Å². The van der Waals surface area contributed by atoms with Crippen LogP contribution < -0.4 is 26.2 Å². The molecular formula is C50H55BrF2N8O11. The number of nitrogens with one attached hydrogen (secondary N) is 3. The Balaban J connectivity index is 0.701. The fourth-order valence-corrected chi connectivity index (χ4v) is 8.42. The van der Waals surface area contributed by atoms with Crippen LogP contribution in [0, 0.1) is 25.5 Å². The molecule has 5 aromatic rings. The van der Waals surface area contributed by atoms with E-state index >= 15 is 0 Å². The Morgan fingerprint density at radius 2 is 1.58 bits per heavy atom. The van der Waals surface area contributed by atoms with Gasteiger partial charge in [0.25, 0.3) is 23.3 Å². The third-order valence-electron chi connectivity index (χ3n) is 11.8. The first-order valence-electron chi connectivity index (χ1n) is 23.5. The van der Waals surface area contributed by atoms with Gasteiger partial charge in [-0.15, -0.1) is 5.10 Å². The number of amides is 5. The molecule has 4 heterocycles. The molecule has 22 heteroatoms.